The molecule has 1 aromatic rings. The molecule has 16 heavy (non-hydrogen) atoms. The highest BCUT2D eigenvalue weighted by Gasteiger charge is 2.25. The summed E-state index contributed by atoms with van der Waals surface area (Å²) in [4.78, 5) is 4.41. The first kappa shape index (κ1) is 11.1. The molecule has 3 nitrogen and oxygen atoms in total. The fourth-order valence-corrected chi connectivity index (χ4v) is 1.72. The summed E-state index contributed by atoms with van der Waals surface area (Å²) in [7, 11) is 0. The van der Waals surface area contributed by atoms with Gasteiger partial charge in [0.05, 0.1) is 0 Å². The minimum Gasteiger partial charge on any atom is -0.380 e. The molecule has 86 valence electrons. The fourth-order valence-electron chi connectivity index (χ4n) is 1.72. The highest BCUT2D eigenvalue weighted by molar-refractivity contribution is 5.88. The lowest BCUT2D eigenvalue weighted by Gasteiger charge is -2.30. The van der Waals surface area contributed by atoms with Gasteiger partial charge in [-0.1, -0.05) is 44.2 Å². The van der Waals surface area contributed by atoms with Crippen molar-refractivity contribution in [1.82, 2.24) is 5.32 Å². The van der Waals surface area contributed by atoms with Crippen molar-refractivity contribution < 1.29 is 5.11 Å². The van der Waals surface area contributed by atoms with Crippen molar-refractivity contribution in [3.63, 3.8) is 0 Å². The zero-order valence-corrected chi connectivity index (χ0v) is 9.77. The van der Waals surface area contributed by atoms with Crippen molar-refractivity contribution >= 4 is 5.84 Å². The summed E-state index contributed by atoms with van der Waals surface area (Å²) in [5.74, 6) is 0.686. The van der Waals surface area contributed by atoms with E-state index < -0.39 is 6.10 Å². The van der Waals surface area contributed by atoms with Crippen LogP contribution in [0.15, 0.2) is 35.3 Å². The average molecular weight is 218 g/mol. The summed E-state index contributed by atoms with van der Waals surface area (Å²) in [6.45, 7) is 5.94. The van der Waals surface area contributed by atoms with Gasteiger partial charge >= 0.3 is 0 Å². The highest BCUT2D eigenvalue weighted by atomic mass is 16.3. The summed E-state index contributed by atoms with van der Waals surface area (Å²) >= 11 is 0. The zero-order chi connectivity index (χ0) is 11.6. The largest absolute Gasteiger partial charge is 0.380 e. The second-order valence-corrected chi connectivity index (χ2v) is 5.03. The quantitative estimate of drug-likeness (QED) is 0.794. The minimum atomic E-state index is -0.628. The molecule has 0 fully saturated rings. The first-order chi connectivity index (χ1) is 7.58. The molecule has 0 aromatic heterocycles. The van der Waals surface area contributed by atoms with Crippen LogP contribution in [-0.2, 0) is 0 Å². The lowest BCUT2D eigenvalue weighted by atomic mass is 9.92. The number of amidine groups is 1. The molecule has 1 unspecified atom stereocenters. The molecule has 0 spiro atoms. The molecule has 0 amide bonds. The van der Waals surface area contributed by atoms with E-state index in [1.165, 1.54) is 0 Å². The normalized spacial score (nSPS) is 20.8. The van der Waals surface area contributed by atoms with Crippen LogP contribution < -0.4 is 5.32 Å². The molecule has 3 heteroatoms. The Hall–Kier alpha value is -1.35. The van der Waals surface area contributed by atoms with Crippen molar-refractivity contribution in [2.45, 2.75) is 20.0 Å². The zero-order valence-electron chi connectivity index (χ0n) is 9.77. The van der Waals surface area contributed by atoms with Crippen LogP contribution in [-0.4, -0.2) is 24.0 Å². The summed E-state index contributed by atoms with van der Waals surface area (Å²) < 4.78 is 0. The van der Waals surface area contributed by atoms with E-state index in [1.54, 1.807) is 0 Å². The predicted molar refractivity (Wildman–Crippen MR) is 65.5 cm³/mol. The topological polar surface area (TPSA) is 44.6 Å². The van der Waals surface area contributed by atoms with Gasteiger partial charge in [0.2, 0.25) is 0 Å². The van der Waals surface area contributed by atoms with E-state index in [1.807, 2.05) is 30.3 Å². The first-order valence-corrected chi connectivity index (χ1v) is 5.60. The molecule has 0 saturated heterocycles. The van der Waals surface area contributed by atoms with Crippen molar-refractivity contribution in [2.24, 2.45) is 10.4 Å². The summed E-state index contributed by atoms with van der Waals surface area (Å²) in [6.07, 6.45) is -0.628. The number of nitrogens with zero attached hydrogens (tertiary/aromatic N) is 1. The lowest BCUT2D eigenvalue weighted by molar-refractivity contribution is 0.234. The maximum Gasteiger partial charge on any atom is 0.136 e. The van der Waals surface area contributed by atoms with E-state index in [0.717, 1.165) is 18.7 Å². The second kappa shape index (κ2) is 4.26. The third kappa shape index (κ3) is 2.42. The van der Waals surface area contributed by atoms with Gasteiger partial charge in [0.1, 0.15) is 11.9 Å². The van der Waals surface area contributed by atoms with Gasteiger partial charge < -0.3 is 10.4 Å². The van der Waals surface area contributed by atoms with Crippen molar-refractivity contribution in [2.75, 3.05) is 13.1 Å². The Morgan fingerprint density at radius 1 is 1.31 bits per heavy atom. The van der Waals surface area contributed by atoms with Gasteiger partial charge in [0.25, 0.3) is 0 Å². The number of hydrogen-bond donors (Lipinski definition) is 2. The van der Waals surface area contributed by atoms with E-state index in [0.29, 0.717) is 5.84 Å². The summed E-state index contributed by atoms with van der Waals surface area (Å²) in [5, 5.41) is 13.3. The Morgan fingerprint density at radius 3 is 2.56 bits per heavy atom. The molecule has 2 rings (SSSR count). The number of aliphatic hydroxyl groups excluding tert-OH is 1. The van der Waals surface area contributed by atoms with Gasteiger partial charge in [-0.2, -0.15) is 0 Å². The minimum absolute atomic E-state index is 0.180. The van der Waals surface area contributed by atoms with Gasteiger partial charge in [0.15, 0.2) is 0 Å². The van der Waals surface area contributed by atoms with Crippen LogP contribution in [0.25, 0.3) is 0 Å². The van der Waals surface area contributed by atoms with Crippen molar-refractivity contribution in [3.05, 3.63) is 35.9 Å². The van der Waals surface area contributed by atoms with Gasteiger partial charge in [-0.25, -0.2) is 0 Å². The first-order valence-electron chi connectivity index (χ1n) is 5.60. The number of nitrogens with one attached hydrogen (secondary N) is 1. The maximum absolute atomic E-state index is 10.1. The number of hydrogen-bond acceptors (Lipinski definition) is 3. The van der Waals surface area contributed by atoms with Gasteiger partial charge in [-0.3, -0.25) is 4.99 Å². The number of aliphatic hydroxyl groups is 1. The van der Waals surface area contributed by atoms with E-state index in [2.05, 4.69) is 24.2 Å². The number of aliphatic imine (C=N–C) groups is 1. The van der Waals surface area contributed by atoms with Crippen LogP contribution in [0.1, 0.15) is 25.5 Å². The molecular weight excluding hydrogens is 200 g/mol. The summed E-state index contributed by atoms with van der Waals surface area (Å²) in [6, 6.07) is 9.61. The standard InChI is InChI=1S/C13H18N2O/c1-13(2)8-14-12(15-9-13)11(16)10-6-4-3-5-7-10/h3-7,11,16H,8-9H2,1-2H3,(H,14,15). The molecule has 2 N–H and O–H groups in total. The molecule has 0 bridgehead atoms. The fraction of sp³-hybridized carbons (Fsp3) is 0.462. The Morgan fingerprint density at radius 2 is 2.00 bits per heavy atom. The van der Waals surface area contributed by atoms with Crippen LogP contribution >= 0.6 is 0 Å². The molecular formula is C13H18N2O. The van der Waals surface area contributed by atoms with E-state index in [-0.39, 0.29) is 5.41 Å². The van der Waals surface area contributed by atoms with Gasteiger partial charge in [-0.05, 0) is 5.56 Å². The smallest absolute Gasteiger partial charge is 0.136 e. The van der Waals surface area contributed by atoms with E-state index >= 15 is 0 Å². The average Bonchev–Trinajstić information content (AvgIpc) is 2.29. The molecule has 1 aliphatic heterocycles. The van der Waals surface area contributed by atoms with E-state index in [9.17, 15) is 5.11 Å². The Kier molecular flexibility index (Phi) is 2.97. The van der Waals surface area contributed by atoms with Crippen LogP contribution in [0.2, 0.25) is 0 Å². The molecule has 0 aliphatic carbocycles. The van der Waals surface area contributed by atoms with Gasteiger partial charge in [0, 0.05) is 18.5 Å². The Labute approximate surface area is 96.2 Å². The third-order valence-corrected chi connectivity index (χ3v) is 2.80. The van der Waals surface area contributed by atoms with Crippen molar-refractivity contribution in [3.8, 4) is 0 Å². The number of rotatable bonds is 2. The molecule has 0 radical (unpaired) electrons. The molecule has 1 aliphatic rings. The van der Waals surface area contributed by atoms with Crippen LogP contribution in [0, 0.1) is 5.41 Å². The summed E-state index contributed by atoms with van der Waals surface area (Å²) in [5.41, 5.74) is 1.06. The van der Waals surface area contributed by atoms with Crippen LogP contribution in [0.3, 0.4) is 0 Å². The second-order valence-electron chi connectivity index (χ2n) is 5.03. The lowest BCUT2D eigenvalue weighted by Crippen LogP contribution is -2.43. The molecule has 0 saturated carbocycles. The Bertz CT molecular complexity index is 384. The number of benzene rings is 1. The molecule has 1 atom stereocenters. The van der Waals surface area contributed by atoms with Gasteiger partial charge in [-0.15, -0.1) is 0 Å². The van der Waals surface area contributed by atoms with Crippen LogP contribution in [0.4, 0.5) is 0 Å². The third-order valence-electron chi connectivity index (χ3n) is 2.80. The van der Waals surface area contributed by atoms with Crippen molar-refractivity contribution in [1.29, 1.82) is 0 Å². The van der Waals surface area contributed by atoms with E-state index in [4.69, 9.17) is 0 Å². The molecule has 1 aromatic carbocycles. The highest BCUT2D eigenvalue weighted by Crippen LogP contribution is 2.21. The maximum atomic E-state index is 10.1. The van der Waals surface area contributed by atoms with Crippen LogP contribution in [0.5, 0.6) is 0 Å². The molecule has 1 heterocycles. The monoisotopic (exact) mass is 218 g/mol. The predicted octanol–water partition coefficient (Wildman–Crippen LogP) is 1.75. The SMILES string of the molecule is CC1(C)CN=C(C(O)c2ccccc2)NC1. The Balaban J connectivity index is 2.13.